The van der Waals surface area contributed by atoms with E-state index < -0.39 is 11.4 Å². The van der Waals surface area contributed by atoms with Gasteiger partial charge in [0.2, 0.25) is 11.1 Å². The lowest BCUT2D eigenvalue weighted by Crippen LogP contribution is -2.24. The number of aryl methyl sites for hydroxylation is 1. The van der Waals surface area contributed by atoms with Crippen LogP contribution in [0.25, 0.3) is 5.69 Å². The predicted octanol–water partition coefficient (Wildman–Crippen LogP) is 2.29. The van der Waals surface area contributed by atoms with Gasteiger partial charge in [0.25, 0.3) is 0 Å². The van der Waals surface area contributed by atoms with E-state index in [4.69, 9.17) is 11.6 Å². The summed E-state index contributed by atoms with van der Waals surface area (Å²) in [4.78, 5) is 23.5. The lowest BCUT2D eigenvalue weighted by molar-refractivity contribution is 0.0590. The highest BCUT2D eigenvalue weighted by atomic mass is 35.5. The molecule has 1 aromatic carbocycles. The SMILES string of the molecule is COC(=O)c1nn(-c2cccc(Cl)c2C)cc(C)c1=O. The Morgan fingerprint density at radius 1 is 1.35 bits per heavy atom. The van der Waals surface area contributed by atoms with E-state index in [2.05, 4.69) is 9.84 Å². The van der Waals surface area contributed by atoms with Crippen molar-refractivity contribution >= 4 is 17.6 Å². The quantitative estimate of drug-likeness (QED) is 0.797. The number of nitrogens with zero attached hydrogens (tertiary/aromatic N) is 2. The van der Waals surface area contributed by atoms with Gasteiger partial charge in [-0.2, -0.15) is 5.10 Å². The molecule has 2 rings (SSSR count). The monoisotopic (exact) mass is 292 g/mol. The number of aromatic nitrogens is 2. The van der Waals surface area contributed by atoms with Gasteiger partial charge in [-0.05, 0) is 31.5 Å². The van der Waals surface area contributed by atoms with E-state index in [0.29, 0.717) is 16.3 Å². The number of benzene rings is 1. The number of carbonyl (C=O) groups is 1. The first-order valence-corrected chi connectivity index (χ1v) is 6.28. The second kappa shape index (κ2) is 5.46. The second-order valence-electron chi connectivity index (χ2n) is 4.31. The Labute approximate surface area is 120 Å². The molecule has 1 heterocycles. The highest BCUT2D eigenvalue weighted by Gasteiger charge is 2.16. The zero-order valence-corrected chi connectivity index (χ0v) is 12.1. The summed E-state index contributed by atoms with van der Waals surface area (Å²) in [5.41, 5.74) is 1.23. The van der Waals surface area contributed by atoms with Crippen LogP contribution in [0, 0.1) is 13.8 Å². The van der Waals surface area contributed by atoms with Crippen LogP contribution in [0.3, 0.4) is 0 Å². The van der Waals surface area contributed by atoms with Crippen LogP contribution < -0.4 is 5.43 Å². The smallest absolute Gasteiger partial charge is 0.362 e. The average Bonchev–Trinajstić information content (AvgIpc) is 2.44. The summed E-state index contributed by atoms with van der Waals surface area (Å²) in [5, 5.41) is 4.63. The van der Waals surface area contributed by atoms with E-state index in [1.54, 1.807) is 31.3 Å². The Kier molecular flexibility index (Phi) is 3.90. The molecule has 5 nitrogen and oxygen atoms in total. The van der Waals surface area contributed by atoms with Gasteiger partial charge in [-0.25, -0.2) is 9.48 Å². The molecule has 104 valence electrons. The number of esters is 1. The summed E-state index contributed by atoms with van der Waals surface area (Å²) in [7, 11) is 1.21. The van der Waals surface area contributed by atoms with Crippen LogP contribution in [0.15, 0.2) is 29.2 Å². The van der Waals surface area contributed by atoms with Crippen LogP contribution in [0.4, 0.5) is 0 Å². The number of carbonyl (C=O) groups excluding carboxylic acids is 1. The standard InChI is InChI=1S/C14H13ClN2O3/c1-8-7-17(11-6-4-5-10(15)9(11)2)16-12(13(8)18)14(19)20-3/h4-7H,1-3H3. The fourth-order valence-corrected chi connectivity index (χ4v) is 1.98. The Morgan fingerprint density at radius 2 is 2.05 bits per heavy atom. The second-order valence-corrected chi connectivity index (χ2v) is 4.72. The third-order valence-corrected chi connectivity index (χ3v) is 3.37. The van der Waals surface area contributed by atoms with Gasteiger partial charge in [-0.3, -0.25) is 4.79 Å². The first-order valence-electron chi connectivity index (χ1n) is 5.90. The number of methoxy groups -OCH3 is 1. The normalized spacial score (nSPS) is 10.4. The molecule has 2 aromatic rings. The molecule has 0 amide bonds. The van der Waals surface area contributed by atoms with Crippen LogP contribution in [-0.2, 0) is 4.74 Å². The lowest BCUT2D eigenvalue weighted by atomic mass is 10.2. The zero-order chi connectivity index (χ0) is 14.9. The number of hydrogen-bond acceptors (Lipinski definition) is 4. The molecule has 0 spiro atoms. The summed E-state index contributed by atoms with van der Waals surface area (Å²) >= 11 is 6.07. The summed E-state index contributed by atoms with van der Waals surface area (Å²) in [5.74, 6) is -0.757. The molecular formula is C14H13ClN2O3. The van der Waals surface area contributed by atoms with Crippen molar-refractivity contribution < 1.29 is 9.53 Å². The van der Waals surface area contributed by atoms with Gasteiger partial charge in [0.1, 0.15) is 0 Å². The zero-order valence-electron chi connectivity index (χ0n) is 11.3. The maximum atomic E-state index is 11.9. The molecule has 0 radical (unpaired) electrons. The molecule has 0 aliphatic carbocycles. The molecule has 0 aliphatic heterocycles. The minimum Gasteiger partial charge on any atom is -0.464 e. The fraction of sp³-hybridized carbons (Fsp3) is 0.214. The minimum absolute atomic E-state index is 0.244. The summed E-state index contributed by atoms with van der Waals surface area (Å²) in [6.45, 7) is 3.46. The Bertz CT molecular complexity index is 738. The molecule has 0 saturated heterocycles. The number of ether oxygens (including phenoxy) is 1. The van der Waals surface area contributed by atoms with Crippen molar-refractivity contribution in [2.24, 2.45) is 0 Å². The molecular weight excluding hydrogens is 280 g/mol. The van der Waals surface area contributed by atoms with E-state index in [-0.39, 0.29) is 5.69 Å². The number of hydrogen-bond donors (Lipinski definition) is 0. The Hall–Kier alpha value is -2.14. The molecule has 0 N–H and O–H groups in total. The predicted molar refractivity (Wildman–Crippen MR) is 75.7 cm³/mol. The summed E-state index contributed by atoms with van der Waals surface area (Å²) < 4.78 is 6.04. The Morgan fingerprint density at radius 3 is 2.70 bits per heavy atom. The molecule has 20 heavy (non-hydrogen) atoms. The van der Waals surface area contributed by atoms with Crippen molar-refractivity contribution in [1.82, 2.24) is 9.78 Å². The van der Waals surface area contributed by atoms with E-state index >= 15 is 0 Å². The molecule has 0 saturated carbocycles. The van der Waals surface area contributed by atoms with Crippen LogP contribution in [0.2, 0.25) is 5.02 Å². The van der Waals surface area contributed by atoms with Crippen molar-refractivity contribution in [3.8, 4) is 5.69 Å². The van der Waals surface area contributed by atoms with Crippen molar-refractivity contribution in [2.75, 3.05) is 7.11 Å². The summed E-state index contributed by atoms with van der Waals surface area (Å²) in [6.07, 6.45) is 1.56. The molecule has 0 bridgehead atoms. The third kappa shape index (κ3) is 2.44. The molecule has 0 unspecified atom stereocenters. The lowest BCUT2D eigenvalue weighted by Gasteiger charge is -2.11. The first kappa shape index (κ1) is 14.3. The minimum atomic E-state index is -0.757. The van der Waals surface area contributed by atoms with Crippen LogP contribution in [0.1, 0.15) is 21.6 Å². The molecule has 0 aliphatic rings. The van der Waals surface area contributed by atoms with Crippen LogP contribution in [0.5, 0.6) is 0 Å². The first-order chi connectivity index (χ1) is 9.45. The highest BCUT2D eigenvalue weighted by Crippen LogP contribution is 2.21. The average molecular weight is 293 g/mol. The third-order valence-electron chi connectivity index (χ3n) is 2.96. The molecule has 0 atom stereocenters. The topological polar surface area (TPSA) is 61.2 Å². The van der Waals surface area contributed by atoms with E-state index in [0.717, 1.165) is 5.56 Å². The number of halogens is 1. The maximum Gasteiger partial charge on any atom is 0.362 e. The molecule has 6 heteroatoms. The molecule has 0 fully saturated rings. The van der Waals surface area contributed by atoms with E-state index in [9.17, 15) is 9.59 Å². The largest absolute Gasteiger partial charge is 0.464 e. The van der Waals surface area contributed by atoms with Crippen molar-refractivity contribution in [3.63, 3.8) is 0 Å². The van der Waals surface area contributed by atoms with Gasteiger partial charge < -0.3 is 4.74 Å². The fourth-order valence-electron chi connectivity index (χ4n) is 1.81. The van der Waals surface area contributed by atoms with Gasteiger partial charge in [-0.1, -0.05) is 17.7 Å². The van der Waals surface area contributed by atoms with Crippen LogP contribution >= 0.6 is 11.6 Å². The van der Waals surface area contributed by atoms with Gasteiger partial charge in [0.15, 0.2) is 0 Å². The van der Waals surface area contributed by atoms with Crippen LogP contribution in [-0.4, -0.2) is 22.9 Å². The highest BCUT2D eigenvalue weighted by molar-refractivity contribution is 6.31. The van der Waals surface area contributed by atoms with Gasteiger partial charge in [0, 0.05) is 16.8 Å². The van der Waals surface area contributed by atoms with Crippen molar-refractivity contribution in [2.45, 2.75) is 13.8 Å². The van der Waals surface area contributed by atoms with Gasteiger partial charge in [-0.15, -0.1) is 0 Å². The van der Waals surface area contributed by atoms with Gasteiger partial charge >= 0.3 is 5.97 Å². The van der Waals surface area contributed by atoms with E-state index in [1.807, 2.05) is 6.92 Å². The number of rotatable bonds is 2. The maximum absolute atomic E-state index is 11.9. The summed E-state index contributed by atoms with van der Waals surface area (Å²) in [6, 6.07) is 5.34. The van der Waals surface area contributed by atoms with Crippen molar-refractivity contribution in [3.05, 3.63) is 56.5 Å². The van der Waals surface area contributed by atoms with E-state index in [1.165, 1.54) is 11.8 Å². The van der Waals surface area contributed by atoms with Crippen molar-refractivity contribution in [1.29, 1.82) is 0 Å². The molecule has 1 aromatic heterocycles. The van der Waals surface area contributed by atoms with Gasteiger partial charge in [0.05, 0.1) is 12.8 Å². The Balaban J connectivity index is 2.70.